The molecule has 1 aromatic rings. The Balaban J connectivity index is 1.60. The molecule has 0 spiro atoms. The summed E-state index contributed by atoms with van der Waals surface area (Å²) >= 11 is 0. The SMILES string of the molecule is CC(C)(C)OC(=O)NC1CCCCCC=CC2CC2(C(=O)O)NC(=O)C2CC(Oc3ccccn3)CN2C1=O. The number of carboxylic acids is 1. The Kier molecular flexibility index (Phi) is 8.46. The summed E-state index contributed by atoms with van der Waals surface area (Å²) in [5.41, 5.74) is -2.14. The van der Waals surface area contributed by atoms with Crippen LogP contribution in [0.3, 0.4) is 0 Å². The summed E-state index contributed by atoms with van der Waals surface area (Å²) in [5.74, 6) is -2.04. The monoisotopic (exact) mass is 542 g/mol. The van der Waals surface area contributed by atoms with Crippen LogP contribution >= 0.6 is 0 Å². The maximum absolute atomic E-state index is 13.9. The summed E-state index contributed by atoms with van der Waals surface area (Å²) in [4.78, 5) is 57.8. The van der Waals surface area contributed by atoms with Gasteiger partial charge >= 0.3 is 12.1 Å². The average molecular weight is 543 g/mol. The number of nitrogens with zero attached hydrogens (tertiary/aromatic N) is 2. The van der Waals surface area contributed by atoms with Gasteiger partial charge in [0.2, 0.25) is 17.7 Å². The van der Waals surface area contributed by atoms with Crippen molar-refractivity contribution in [3.63, 3.8) is 0 Å². The number of fused-ring (bicyclic) bond motifs is 2. The second kappa shape index (κ2) is 11.6. The van der Waals surface area contributed by atoms with Crippen LogP contribution in [0.2, 0.25) is 0 Å². The van der Waals surface area contributed by atoms with Crippen LogP contribution in [0.25, 0.3) is 0 Å². The van der Waals surface area contributed by atoms with Crippen molar-refractivity contribution < 1.29 is 33.8 Å². The van der Waals surface area contributed by atoms with Crippen molar-refractivity contribution in [3.8, 4) is 5.88 Å². The molecule has 212 valence electrons. The molecule has 11 heteroatoms. The third-order valence-corrected chi connectivity index (χ3v) is 7.24. The van der Waals surface area contributed by atoms with Crippen LogP contribution in [0.5, 0.6) is 5.88 Å². The van der Waals surface area contributed by atoms with Crippen molar-refractivity contribution in [3.05, 3.63) is 36.5 Å². The van der Waals surface area contributed by atoms with E-state index in [1.165, 1.54) is 4.90 Å². The van der Waals surface area contributed by atoms with Gasteiger partial charge in [0.15, 0.2) is 0 Å². The van der Waals surface area contributed by atoms with Gasteiger partial charge in [-0.2, -0.15) is 0 Å². The summed E-state index contributed by atoms with van der Waals surface area (Å²) in [5, 5.41) is 15.4. The lowest BCUT2D eigenvalue weighted by Crippen LogP contribution is -2.56. The van der Waals surface area contributed by atoms with Crippen molar-refractivity contribution in [1.29, 1.82) is 0 Å². The van der Waals surface area contributed by atoms with Gasteiger partial charge in [-0.1, -0.05) is 31.1 Å². The van der Waals surface area contributed by atoms with Gasteiger partial charge in [-0.05, 0) is 52.5 Å². The Bertz CT molecular complexity index is 1100. The first-order valence-corrected chi connectivity index (χ1v) is 13.6. The molecule has 3 N–H and O–H groups in total. The second-order valence-electron chi connectivity index (χ2n) is 11.5. The number of aliphatic carboxylic acids is 1. The molecule has 2 aliphatic heterocycles. The molecule has 1 aliphatic carbocycles. The van der Waals surface area contributed by atoms with E-state index in [1.807, 2.05) is 12.2 Å². The third kappa shape index (κ3) is 7.07. The molecular formula is C28H38N4O7. The smallest absolute Gasteiger partial charge is 0.408 e. The van der Waals surface area contributed by atoms with Gasteiger partial charge in [0.1, 0.15) is 29.3 Å². The van der Waals surface area contributed by atoms with Gasteiger partial charge in [-0.25, -0.2) is 14.6 Å². The first kappa shape index (κ1) is 28.4. The van der Waals surface area contributed by atoms with Crippen LogP contribution in [0.15, 0.2) is 36.5 Å². The largest absolute Gasteiger partial charge is 0.479 e. The lowest BCUT2D eigenvalue weighted by Gasteiger charge is -2.30. The number of pyridine rings is 1. The number of carbonyl (C=O) groups excluding carboxylic acids is 3. The number of hydrogen-bond donors (Lipinski definition) is 3. The molecule has 3 aliphatic rings. The maximum Gasteiger partial charge on any atom is 0.408 e. The molecule has 11 nitrogen and oxygen atoms in total. The van der Waals surface area contributed by atoms with Gasteiger partial charge in [0.25, 0.3) is 0 Å². The highest BCUT2D eigenvalue weighted by molar-refractivity contribution is 5.96. The van der Waals surface area contributed by atoms with E-state index < -0.39 is 53.2 Å². The molecule has 5 atom stereocenters. The zero-order valence-electron chi connectivity index (χ0n) is 22.7. The number of amides is 3. The topological polar surface area (TPSA) is 147 Å². The van der Waals surface area contributed by atoms with Crippen LogP contribution in [0, 0.1) is 5.92 Å². The minimum Gasteiger partial charge on any atom is -0.479 e. The second-order valence-corrected chi connectivity index (χ2v) is 11.5. The minimum atomic E-state index is -1.39. The van der Waals surface area contributed by atoms with E-state index >= 15 is 0 Å². The number of rotatable bonds is 4. The predicted octanol–water partition coefficient (Wildman–Crippen LogP) is 2.80. The third-order valence-electron chi connectivity index (χ3n) is 7.24. The molecule has 2 fully saturated rings. The number of allylic oxidation sites excluding steroid dienone is 1. The molecule has 0 radical (unpaired) electrons. The van der Waals surface area contributed by atoms with Crippen molar-refractivity contribution in [1.82, 2.24) is 20.5 Å². The van der Waals surface area contributed by atoms with E-state index in [4.69, 9.17) is 9.47 Å². The van der Waals surface area contributed by atoms with E-state index in [0.29, 0.717) is 25.1 Å². The highest BCUT2D eigenvalue weighted by Crippen LogP contribution is 2.45. The molecule has 3 heterocycles. The van der Waals surface area contributed by atoms with Crippen molar-refractivity contribution in [2.45, 2.75) is 95.0 Å². The Hall–Kier alpha value is -3.63. The first-order valence-electron chi connectivity index (χ1n) is 13.6. The molecule has 4 rings (SSSR count). The zero-order chi connectivity index (χ0) is 28.2. The summed E-state index contributed by atoms with van der Waals surface area (Å²) in [6.07, 6.45) is 8.10. The molecule has 1 saturated carbocycles. The minimum absolute atomic E-state index is 0.0867. The Labute approximate surface area is 228 Å². The highest BCUT2D eigenvalue weighted by Gasteiger charge is 2.61. The van der Waals surface area contributed by atoms with E-state index in [0.717, 1.165) is 19.3 Å². The summed E-state index contributed by atoms with van der Waals surface area (Å²) < 4.78 is 11.4. The number of ether oxygens (including phenoxy) is 2. The fourth-order valence-corrected chi connectivity index (χ4v) is 5.18. The van der Waals surface area contributed by atoms with Crippen molar-refractivity contribution >= 4 is 23.9 Å². The molecule has 0 bridgehead atoms. The molecule has 1 saturated heterocycles. The number of carbonyl (C=O) groups is 4. The van der Waals surface area contributed by atoms with Crippen LogP contribution in [0.4, 0.5) is 4.79 Å². The maximum atomic E-state index is 13.9. The number of alkyl carbamates (subject to hydrolysis) is 1. The van der Waals surface area contributed by atoms with Crippen LogP contribution in [-0.2, 0) is 19.1 Å². The summed E-state index contributed by atoms with van der Waals surface area (Å²) in [6, 6.07) is 3.33. The highest BCUT2D eigenvalue weighted by atomic mass is 16.6. The normalized spacial score (nSPS) is 29.7. The quantitative estimate of drug-likeness (QED) is 0.492. The molecule has 1 aromatic heterocycles. The Morgan fingerprint density at radius 2 is 2.00 bits per heavy atom. The summed E-state index contributed by atoms with van der Waals surface area (Å²) in [7, 11) is 0. The predicted molar refractivity (Wildman–Crippen MR) is 141 cm³/mol. The van der Waals surface area contributed by atoms with E-state index in [9.17, 15) is 24.3 Å². The van der Waals surface area contributed by atoms with Crippen LogP contribution < -0.4 is 15.4 Å². The number of nitrogens with one attached hydrogen (secondary N) is 2. The molecule has 3 amide bonds. The number of aromatic nitrogens is 1. The molecular weight excluding hydrogens is 504 g/mol. The lowest BCUT2D eigenvalue weighted by molar-refractivity contribution is -0.145. The molecule has 0 aromatic carbocycles. The molecule has 5 unspecified atom stereocenters. The molecule has 39 heavy (non-hydrogen) atoms. The van der Waals surface area contributed by atoms with Gasteiger partial charge in [-0.3, -0.25) is 9.59 Å². The Morgan fingerprint density at radius 3 is 2.69 bits per heavy atom. The van der Waals surface area contributed by atoms with E-state index in [2.05, 4.69) is 15.6 Å². The van der Waals surface area contributed by atoms with Gasteiger partial charge in [0.05, 0.1) is 6.54 Å². The standard InChI is InChI=1S/C28H38N4O7/c1-27(2,3)39-26(37)30-20-12-8-6-4-5-7-11-18-16-28(18,25(35)36)31-23(33)21-15-19(17-32(21)24(20)34)38-22-13-9-10-14-29-22/h7,9-11,13-14,18-21H,4-6,8,12,15-17H2,1-3H3,(H,30,37)(H,31,33)(H,35,36). The average Bonchev–Trinajstić information content (AvgIpc) is 3.39. The Morgan fingerprint density at radius 1 is 1.21 bits per heavy atom. The fourth-order valence-electron chi connectivity index (χ4n) is 5.18. The van der Waals surface area contributed by atoms with Crippen LogP contribution in [0.1, 0.15) is 65.7 Å². The fraction of sp³-hybridized carbons (Fsp3) is 0.607. The van der Waals surface area contributed by atoms with Gasteiger partial charge < -0.3 is 30.1 Å². The zero-order valence-corrected chi connectivity index (χ0v) is 22.7. The van der Waals surface area contributed by atoms with Gasteiger partial charge in [0, 0.05) is 24.6 Å². The first-order chi connectivity index (χ1) is 18.5. The van der Waals surface area contributed by atoms with E-state index in [-0.39, 0.29) is 18.9 Å². The van der Waals surface area contributed by atoms with E-state index in [1.54, 1.807) is 45.2 Å². The van der Waals surface area contributed by atoms with Crippen LogP contribution in [-0.4, -0.2) is 74.7 Å². The van der Waals surface area contributed by atoms with Crippen molar-refractivity contribution in [2.24, 2.45) is 5.92 Å². The van der Waals surface area contributed by atoms with Gasteiger partial charge in [-0.15, -0.1) is 0 Å². The number of hydrogen-bond acceptors (Lipinski definition) is 7. The summed E-state index contributed by atoms with van der Waals surface area (Å²) in [6.45, 7) is 5.30. The lowest BCUT2D eigenvalue weighted by atomic mass is 10.0. The number of carboxylic acid groups (broad SMARTS) is 1. The van der Waals surface area contributed by atoms with Crippen molar-refractivity contribution in [2.75, 3.05) is 6.54 Å².